The van der Waals surface area contributed by atoms with Gasteiger partial charge in [-0.25, -0.2) is 4.79 Å². The highest BCUT2D eigenvalue weighted by Gasteiger charge is 2.31. The van der Waals surface area contributed by atoms with E-state index in [0.29, 0.717) is 5.75 Å². The Morgan fingerprint density at radius 1 is 1.05 bits per heavy atom. The van der Waals surface area contributed by atoms with E-state index in [0.717, 1.165) is 18.2 Å². The zero-order chi connectivity index (χ0) is 14.6. The van der Waals surface area contributed by atoms with Crippen molar-refractivity contribution >= 4 is 11.8 Å². The molecule has 0 unspecified atom stereocenters. The summed E-state index contributed by atoms with van der Waals surface area (Å²) in [6.07, 6.45) is -3.30. The van der Waals surface area contributed by atoms with E-state index in [9.17, 15) is 18.0 Å². The number of benzene rings is 2. The molecule has 0 amide bonds. The van der Waals surface area contributed by atoms with Crippen molar-refractivity contribution in [1.29, 1.82) is 0 Å². The lowest BCUT2D eigenvalue weighted by Crippen LogP contribution is -2.04. The first-order valence-corrected chi connectivity index (χ1v) is 5.53. The lowest BCUT2D eigenvalue weighted by Gasteiger charge is -2.11. The molecule has 0 radical (unpaired) electrons. The second-order valence-corrected chi connectivity index (χ2v) is 3.80. The summed E-state index contributed by atoms with van der Waals surface area (Å²) in [5.74, 6) is 0.474. The van der Waals surface area contributed by atoms with Crippen molar-refractivity contribution in [1.82, 2.24) is 0 Å². The maximum atomic E-state index is 12.6. The fourth-order valence-corrected chi connectivity index (χ4v) is 1.53. The molecule has 0 spiro atoms. The van der Waals surface area contributed by atoms with Crippen LogP contribution in [0.4, 0.5) is 18.9 Å². The van der Waals surface area contributed by atoms with Gasteiger partial charge in [-0.2, -0.15) is 18.2 Å². The maximum absolute atomic E-state index is 12.6. The average Bonchev–Trinajstić information content (AvgIpc) is 2.41. The van der Waals surface area contributed by atoms with E-state index in [-0.39, 0.29) is 11.4 Å². The smallest absolute Gasteiger partial charge is 0.416 e. The molecule has 0 saturated heterocycles. The third-order valence-electron chi connectivity index (χ3n) is 2.42. The zero-order valence-corrected chi connectivity index (χ0v) is 10.0. The Morgan fingerprint density at radius 3 is 2.35 bits per heavy atom. The summed E-state index contributed by atoms with van der Waals surface area (Å²) in [5.41, 5.74) is -1.13. The Kier molecular flexibility index (Phi) is 3.86. The van der Waals surface area contributed by atoms with Crippen LogP contribution in [-0.2, 0) is 11.0 Å². The van der Waals surface area contributed by atoms with Crippen LogP contribution >= 0.6 is 0 Å². The molecule has 20 heavy (non-hydrogen) atoms. The van der Waals surface area contributed by atoms with E-state index in [4.69, 9.17) is 4.74 Å². The van der Waals surface area contributed by atoms with Gasteiger partial charge < -0.3 is 4.74 Å². The summed E-state index contributed by atoms with van der Waals surface area (Å²) in [6, 6.07) is 11.2. The van der Waals surface area contributed by atoms with Crippen LogP contribution in [-0.4, -0.2) is 6.08 Å². The van der Waals surface area contributed by atoms with E-state index >= 15 is 0 Å². The van der Waals surface area contributed by atoms with Crippen molar-refractivity contribution in [3.8, 4) is 11.5 Å². The number of carbonyl (C=O) groups excluding carboxylic acids is 1. The van der Waals surface area contributed by atoms with Gasteiger partial charge >= 0.3 is 6.18 Å². The van der Waals surface area contributed by atoms with Gasteiger partial charge in [-0.15, -0.1) is 0 Å². The molecule has 0 heterocycles. The number of hydrogen-bond acceptors (Lipinski definition) is 3. The molecule has 0 atom stereocenters. The van der Waals surface area contributed by atoms with Crippen LogP contribution < -0.4 is 4.74 Å². The minimum absolute atomic E-state index is 0.0487. The first kappa shape index (κ1) is 13.8. The summed E-state index contributed by atoms with van der Waals surface area (Å²) in [6.45, 7) is 0. The molecule has 0 aliphatic heterocycles. The average molecular weight is 279 g/mol. The molecular formula is C14H8F3NO2. The van der Waals surface area contributed by atoms with Crippen LogP contribution in [0.1, 0.15) is 5.56 Å². The Morgan fingerprint density at radius 2 is 1.75 bits per heavy atom. The third-order valence-corrected chi connectivity index (χ3v) is 2.42. The molecular weight excluding hydrogens is 271 g/mol. The Bertz CT molecular complexity index is 647. The van der Waals surface area contributed by atoms with Crippen molar-refractivity contribution < 1.29 is 22.7 Å². The molecule has 0 aromatic heterocycles. The van der Waals surface area contributed by atoms with Crippen LogP contribution in [0, 0.1) is 0 Å². The second-order valence-electron chi connectivity index (χ2n) is 3.80. The number of hydrogen-bond donors (Lipinski definition) is 0. The van der Waals surface area contributed by atoms with Crippen molar-refractivity contribution in [2.24, 2.45) is 4.99 Å². The largest absolute Gasteiger partial charge is 0.455 e. The van der Waals surface area contributed by atoms with E-state index < -0.39 is 11.7 Å². The Hall–Kier alpha value is -2.59. The topological polar surface area (TPSA) is 38.7 Å². The van der Waals surface area contributed by atoms with Gasteiger partial charge in [0.05, 0.1) is 5.56 Å². The third kappa shape index (κ3) is 3.24. The summed E-state index contributed by atoms with van der Waals surface area (Å²) in [4.78, 5) is 13.6. The number of para-hydroxylation sites is 1. The molecule has 0 aliphatic carbocycles. The quantitative estimate of drug-likeness (QED) is 0.614. The van der Waals surface area contributed by atoms with Crippen LogP contribution in [0.25, 0.3) is 0 Å². The molecule has 6 heteroatoms. The van der Waals surface area contributed by atoms with Crippen molar-refractivity contribution in [2.75, 3.05) is 0 Å². The molecule has 102 valence electrons. The van der Waals surface area contributed by atoms with Crippen LogP contribution in [0.3, 0.4) is 0 Å². The molecule has 0 aliphatic rings. The van der Waals surface area contributed by atoms with Crippen LogP contribution in [0.2, 0.25) is 0 Å². The molecule has 2 aromatic carbocycles. The summed E-state index contributed by atoms with van der Waals surface area (Å²) in [5, 5.41) is 0. The van der Waals surface area contributed by atoms with Gasteiger partial charge in [-0.3, -0.25) is 0 Å². The fourth-order valence-electron chi connectivity index (χ4n) is 1.53. The number of ether oxygens (including phenoxy) is 1. The van der Waals surface area contributed by atoms with Gasteiger partial charge in [0.2, 0.25) is 6.08 Å². The van der Waals surface area contributed by atoms with Gasteiger partial charge in [0.25, 0.3) is 0 Å². The monoisotopic (exact) mass is 279 g/mol. The maximum Gasteiger partial charge on any atom is 0.416 e. The molecule has 2 aromatic rings. The molecule has 0 saturated carbocycles. The van der Waals surface area contributed by atoms with Gasteiger partial charge in [0.1, 0.15) is 11.4 Å². The summed E-state index contributed by atoms with van der Waals surface area (Å²) in [7, 11) is 0. The van der Waals surface area contributed by atoms with E-state index in [1.54, 1.807) is 30.3 Å². The van der Waals surface area contributed by atoms with Crippen LogP contribution in [0.15, 0.2) is 53.5 Å². The SMILES string of the molecule is O=C=Nc1cc(C(F)(F)F)ccc1Oc1ccccc1. The molecule has 0 fully saturated rings. The highest BCUT2D eigenvalue weighted by Crippen LogP contribution is 2.37. The second kappa shape index (κ2) is 5.59. The number of rotatable bonds is 3. The molecule has 0 bridgehead atoms. The Labute approximate surface area is 112 Å². The van der Waals surface area contributed by atoms with Crippen molar-refractivity contribution in [3.63, 3.8) is 0 Å². The number of halogens is 3. The van der Waals surface area contributed by atoms with Gasteiger partial charge in [0, 0.05) is 0 Å². The summed E-state index contributed by atoms with van der Waals surface area (Å²) >= 11 is 0. The number of nitrogens with zero attached hydrogens (tertiary/aromatic N) is 1. The predicted octanol–water partition coefficient (Wildman–Crippen LogP) is 4.47. The first-order chi connectivity index (χ1) is 9.50. The summed E-state index contributed by atoms with van der Waals surface area (Å²) < 4.78 is 43.1. The fraction of sp³-hybridized carbons (Fsp3) is 0.0714. The van der Waals surface area contributed by atoms with Crippen molar-refractivity contribution in [3.05, 3.63) is 54.1 Å². The normalized spacial score (nSPS) is 10.8. The van der Waals surface area contributed by atoms with Gasteiger partial charge in [-0.05, 0) is 30.3 Å². The Balaban J connectivity index is 2.40. The number of alkyl halides is 3. The lowest BCUT2D eigenvalue weighted by molar-refractivity contribution is -0.137. The molecule has 0 N–H and O–H groups in total. The van der Waals surface area contributed by atoms with Gasteiger partial charge in [-0.1, -0.05) is 18.2 Å². The number of isocyanates is 1. The first-order valence-electron chi connectivity index (χ1n) is 5.53. The van der Waals surface area contributed by atoms with E-state index in [1.165, 1.54) is 6.08 Å². The minimum Gasteiger partial charge on any atom is -0.455 e. The highest BCUT2D eigenvalue weighted by molar-refractivity contribution is 5.60. The molecule has 2 rings (SSSR count). The van der Waals surface area contributed by atoms with Gasteiger partial charge in [0.15, 0.2) is 5.75 Å². The lowest BCUT2D eigenvalue weighted by atomic mass is 10.2. The highest BCUT2D eigenvalue weighted by atomic mass is 19.4. The standard InChI is InChI=1S/C14H8F3NO2/c15-14(16,17)10-6-7-13(12(8-10)18-9-19)20-11-4-2-1-3-5-11/h1-8H. The minimum atomic E-state index is -4.52. The zero-order valence-electron chi connectivity index (χ0n) is 10.0. The van der Waals surface area contributed by atoms with E-state index in [2.05, 4.69) is 4.99 Å². The van der Waals surface area contributed by atoms with Crippen molar-refractivity contribution in [2.45, 2.75) is 6.18 Å². The number of aliphatic imine (C=N–C) groups is 1. The molecule has 3 nitrogen and oxygen atoms in total. The predicted molar refractivity (Wildman–Crippen MR) is 65.7 cm³/mol. The van der Waals surface area contributed by atoms with E-state index in [1.807, 2.05) is 0 Å². The van der Waals surface area contributed by atoms with Crippen LogP contribution in [0.5, 0.6) is 11.5 Å².